The summed E-state index contributed by atoms with van der Waals surface area (Å²) in [6, 6.07) is 12.0. The summed E-state index contributed by atoms with van der Waals surface area (Å²) in [5, 5.41) is 8.58. The first-order valence-corrected chi connectivity index (χ1v) is 7.56. The lowest BCUT2D eigenvalue weighted by molar-refractivity contribution is -0.137. The van der Waals surface area contributed by atoms with Crippen molar-refractivity contribution in [3.63, 3.8) is 0 Å². The lowest BCUT2D eigenvalue weighted by Gasteiger charge is -2.07. The Morgan fingerprint density at radius 1 is 0.955 bits per heavy atom. The Labute approximate surface area is 130 Å². The topological polar surface area (TPSA) is 59.4 Å². The van der Waals surface area contributed by atoms with Gasteiger partial charge in [-0.3, -0.25) is 9.78 Å². The van der Waals surface area contributed by atoms with E-state index in [2.05, 4.69) is 17.1 Å². The number of carboxylic acid groups (broad SMARTS) is 1. The van der Waals surface area contributed by atoms with Gasteiger partial charge >= 0.3 is 5.97 Å². The molecule has 0 aliphatic heterocycles. The van der Waals surface area contributed by atoms with Crippen LogP contribution in [-0.4, -0.2) is 16.1 Å². The van der Waals surface area contributed by atoms with Crippen molar-refractivity contribution >= 4 is 5.97 Å². The van der Waals surface area contributed by atoms with Gasteiger partial charge in [-0.05, 0) is 54.7 Å². The third kappa shape index (κ3) is 5.95. The number of hydrogen-bond acceptors (Lipinski definition) is 3. The summed E-state index contributed by atoms with van der Waals surface area (Å²) < 4.78 is 5.72. The number of hydrogen-bond donors (Lipinski definition) is 1. The molecule has 0 unspecified atom stereocenters. The summed E-state index contributed by atoms with van der Waals surface area (Å²) in [5.41, 5.74) is 2.35. The van der Waals surface area contributed by atoms with Crippen molar-refractivity contribution in [1.82, 2.24) is 4.98 Å². The van der Waals surface area contributed by atoms with Crippen molar-refractivity contribution in [1.29, 1.82) is 0 Å². The summed E-state index contributed by atoms with van der Waals surface area (Å²) >= 11 is 0. The lowest BCUT2D eigenvalue weighted by atomic mass is 10.1. The summed E-state index contributed by atoms with van der Waals surface area (Å²) in [6.07, 6.45) is 7.48. The van der Waals surface area contributed by atoms with Crippen LogP contribution >= 0.6 is 0 Å². The normalized spacial score (nSPS) is 10.4. The molecule has 22 heavy (non-hydrogen) atoms. The third-order valence-corrected chi connectivity index (χ3v) is 3.43. The number of aromatic nitrogens is 1. The summed E-state index contributed by atoms with van der Waals surface area (Å²) in [6.45, 7) is 0.539. The number of aryl methyl sites for hydroxylation is 1. The zero-order chi connectivity index (χ0) is 15.6. The molecule has 0 aliphatic carbocycles. The summed E-state index contributed by atoms with van der Waals surface area (Å²) in [5.74, 6) is 0.141. The molecule has 1 aromatic heterocycles. The molecule has 0 fully saturated rings. The van der Waals surface area contributed by atoms with Gasteiger partial charge in [0.25, 0.3) is 0 Å². The molecule has 0 bridgehead atoms. The van der Waals surface area contributed by atoms with E-state index in [4.69, 9.17) is 9.84 Å². The molecular formula is C18H21NO3. The maximum Gasteiger partial charge on any atom is 0.303 e. The highest BCUT2D eigenvalue weighted by Gasteiger charge is 1.99. The van der Waals surface area contributed by atoms with Crippen LogP contribution in [0.2, 0.25) is 0 Å². The van der Waals surface area contributed by atoms with Gasteiger partial charge in [-0.2, -0.15) is 0 Å². The molecule has 0 spiro atoms. The maximum atomic E-state index is 10.4. The van der Waals surface area contributed by atoms with Gasteiger partial charge in [0.2, 0.25) is 0 Å². The first-order valence-electron chi connectivity index (χ1n) is 7.56. The van der Waals surface area contributed by atoms with Gasteiger partial charge < -0.3 is 9.84 Å². The van der Waals surface area contributed by atoms with Crippen molar-refractivity contribution < 1.29 is 14.6 Å². The number of nitrogens with zero attached hydrogens (tertiary/aromatic N) is 1. The number of unbranched alkanes of at least 4 members (excludes halogenated alkanes) is 2. The smallest absolute Gasteiger partial charge is 0.303 e. The summed E-state index contributed by atoms with van der Waals surface area (Å²) in [7, 11) is 0. The molecule has 116 valence electrons. The molecule has 4 nitrogen and oxygen atoms in total. The molecule has 0 saturated carbocycles. The van der Waals surface area contributed by atoms with Gasteiger partial charge in [0.15, 0.2) is 0 Å². The SMILES string of the molecule is O=C(O)CCCCCc1ccc(OCc2ccncc2)cc1. The van der Waals surface area contributed by atoms with Crippen LogP contribution in [0.25, 0.3) is 0 Å². The lowest BCUT2D eigenvalue weighted by Crippen LogP contribution is -1.96. The monoisotopic (exact) mass is 299 g/mol. The van der Waals surface area contributed by atoms with Crippen LogP contribution < -0.4 is 4.74 Å². The largest absolute Gasteiger partial charge is 0.489 e. The van der Waals surface area contributed by atoms with E-state index in [1.54, 1.807) is 12.4 Å². The molecule has 0 saturated heterocycles. The minimum absolute atomic E-state index is 0.266. The molecule has 1 N–H and O–H groups in total. The first kappa shape index (κ1) is 16.0. The van der Waals surface area contributed by atoms with Crippen LogP contribution in [-0.2, 0) is 17.8 Å². The van der Waals surface area contributed by atoms with E-state index in [1.165, 1.54) is 5.56 Å². The van der Waals surface area contributed by atoms with Crippen LogP contribution in [0.15, 0.2) is 48.8 Å². The molecule has 0 atom stereocenters. The highest BCUT2D eigenvalue weighted by Crippen LogP contribution is 2.16. The number of aliphatic carboxylic acids is 1. The van der Waals surface area contributed by atoms with Gasteiger partial charge in [0.1, 0.15) is 12.4 Å². The van der Waals surface area contributed by atoms with E-state index in [9.17, 15) is 4.79 Å². The second-order valence-corrected chi connectivity index (χ2v) is 5.24. The predicted molar refractivity (Wildman–Crippen MR) is 84.8 cm³/mol. The van der Waals surface area contributed by atoms with E-state index in [0.717, 1.165) is 37.0 Å². The Hall–Kier alpha value is -2.36. The van der Waals surface area contributed by atoms with E-state index in [-0.39, 0.29) is 6.42 Å². The van der Waals surface area contributed by atoms with Gasteiger partial charge in [0, 0.05) is 18.8 Å². The fourth-order valence-corrected chi connectivity index (χ4v) is 2.18. The van der Waals surface area contributed by atoms with Gasteiger partial charge in [-0.1, -0.05) is 18.6 Å². The highest BCUT2D eigenvalue weighted by atomic mass is 16.5. The first-order chi connectivity index (χ1) is 10.7. The van der Waals surface area contributed by atoms with Gasteiger partial charge in [-0.25, -0.2) is 0 Å². The van der Waals surface area contributed by atoms with Crippen LogP contribution in [0.3, 0.4) is 0 Å². The van der Waals surface area contributed by atoms with E-state index >= 15 is 0 Å². The van der Waals surface area contributed by atoms with Gasteiger partial charge in [-0.15, -0.1) is 0 Å². The average Bonchev–Trinajstić information content (AvgIpc) is 2.54. The minimum Gasteiger partial charge on any atom is -0.489 e. The number of rotatable bonds is 9. The van der Waals surface area contributed by atoms with Crippen molar-refractivity contribution in [3.8, 4) is 5.75 Å². The predicted octanol–water partition coefficient (Wildman–Crippen LogP) is 3.85. The van der Waals surface area contributed by atoms with E-state index < -0.39 is 5.97 Å². The Morgan fingerprint density at radius 3 is 2.36 bits per heavy atom. The van der Waals surface area contributed by atoms with Crippen molar-refractivity contribution in [2.24, 2.45) is 0 Å². The highest BCUT2D eigenvalue weighted by molar-refractivity contribution is 5.66. The van der Waals surface area contributed by atoms with Crippen LogP contribution in [0.4, 0.5) is 0 Å². The van der Waals surface area contributed by atoms with E-state index in [1.807, 2.05) is 24.3 Å². The molecule has 0 radical (unpaired) electrons. The maximum absolute atomic E-state index is 10.4. The molecule has 1 aromatic carbocycles. The molecule has 0 amide bonds. The quantitative estimate of drug-likeness (QED) is 0.714. The zero-order valence-corrected chi connectivity index (χ0v) is 12.6. The fraction of sp³-hybridized carbons (Fsp3) is 0.333. The molecule has 2 aromatic rings. The molecule has 1 heterocycles. The Morgan fingerprint density at radius 2 is 1.68 bits per heavy atom. The number of carbonyl (C=O) groups is 1. The number of ether oxygens (including phenoxy) is 1. The Kier molecular flexibility index (Phi) is 6.42. The third-order valence-electron chi connectivity index (χ3n) is 3.43. The second-order valence-electron chi connectivity index (χ2n) is 5.24. The van der Waals surface area contributed by atoms with Crippen molar-refractivity contribution in [3.05, 3.63) is 59.9 Å². The van der Waals surface area contributed by atoms with Crippen LogP contribution in [0.1, 0.15) is 36.8 Å². The zero-order valence-electron chi connectivity index (χ0n) is 12.6. The second kappa shape index (κ2) is 8.82. The standard InChI is InChI=1S/C18H21NO3/c20-18(21)5-3-1-2-4-15-6-8-17(9-7-15)22-14-16-10-12-19-13-11-16/h6-13H,1-5,14H2,(H,20,21). The fourth-order valence-electron chi connectivity index (χ4n) is 2.18. The number of benzene rings is 1. The van der Waals surface area contributed by atoms with E-state index in [0.29, 0.717) is 6.61 Å². The summed E-state index contributed by atoms with van der Waals surface area (Å²) in [4.78, 5) is 14.4. The average molecular weight is 299 g/mol. The van der Waals surface area contributed by atoms with Crippen molar-refractivity contribution in [2.45, 2.75) is 38.7 Å². The van der Waals surface area contributed by atoms with Crippen LogP contribution in [0, 0.1) is 0 Å². The number of carboxylic acids is 1. The Bertz CT molecular complexity index is 567. The van der Waals surface area contributed by atoms with Gasteiger partial charge in [0.05, 0.1) is 0 Å². The number of pyridine rings is 1. The molecule has 0 aliphatic rings. The molecule has 2 rings (SSSR count). The van der Waals surface area contributed by atoms with Crippen LogP contribution in [0.5, 0.6) is 5.75 Å². The minimum atomic E-state index is -0.712. The molecular weight excluding hydrogens is 278 g/mol. The molecule has 4 heteroatoms. The van der Waals surface area contributed by atoms with Crippen molar-refractivity contribution in [2.75, 3.05) is 0 Å². The Balaban J connectivity index is 1.70.